The smallest absolute Gasteiger partial charge is 0.325 e. The summed E-state index contributed by atoms with van der Waals surface area (Å²) in [4.78, 5) is 25.4. The number of amides is 1. The number of aliphatic carboxylic acids is 1. The van der Waals surface area contributed by atoms with E-state index < -0.39 is 11.9 Å². The molecular weight excluding hydrogens is 352 g/mol. The maximum atomic E-state index is 12.5. The zero-order valence-corrected chi connectivity index (χ0v) is 14.5. The van der Waals surface area contributed by atoms with Crippen LogP contribution in [0.15, 0.2) is 29.2 Å². The molecule has 0 spiro atoms. The van der Waals surface area contributed by atoms with Gasteiger partial charge in [0.15, 0.2) is 11.0 Å². The number of carbonyl (C=O) groups is 2. The molecule has 1 fully saturated rings. The molecule has 1 amide bonds. The van der Waals surface area contributed by atoms with Crippen LogP contribution in [0.5, 0.6) is 0 Å². The van der Waals surface area contributed by atoms with Crippen LogP contribution in [0, 0.1) is 0 Å². The van der Waals surface area contributed by atoms with E-state index in [-0.39, 0.29) is 12.1 Å². The van der Waals surface area contributed by atoms with Crippen molar-refractivity contribution < 1.29 is 19.3 Å². The van der Waals surface area contributed by atoms with Gasteiger partial charge in [0.25, 0.3) is 5.91 Å². The summed E-state index contributed by atoms with van der Waals surface area (Å²) < 4.78 is 6.10. The second-order valence-corrected chi connectivity index (χ2v) is 6.42. The quantitative estimate of drug-likeness (QED) is 0.695. The second kappa shape index (κ2) is 7.06. The van der Waals surface area contributed by atoms with Crippen molar-refractivity contribution in [3.8, 4) is 0 Å². The summed E-state index contributed by atoms with van der Waals surface area (Å²) in [5, 5.41) is 23.4. The SMILES string of the molecule is O=C(O)Cn1cc(C(=O)Nc2ccc(N3CCCCC3)c3nonc23)cn1. The predicted octanol–water partition coefficient (Wildman–Crippen LogP) is 1.75. The highest BCUT2D eigenvalue weighted by molar-refractivity contribution is 6.09. The topological polar surface area (TPSA) is 126 Å². The number of anilines is 2. The van der Waals surface area contributed by atoms with Crippen molar-refractivity contribution in [2.75, 3.05) is 23.3 Å². The van der Waals surface area contributed by atoms with E-state index in [2.05, 4.69) is 25.6 Å². The Bertz CT molecular complexity index is 988. The fraction of sp³-hybridized carbons (Fsp3) is 0.353. The van der Waals surface area contributed by atoms with Crippen LogP contribution in [0.3, 0.4) is 0 Å². The summed E-state index contributed by atoms with van der Waals surface area (Å²) in [5.74, 6) is -1.45. The van der Waals surface area contributed by atoms with Crippen LogP contribution in [0.1, 0.15) is 29.6 Å². The first-order valence-corrected chi connectivity index (χ1v) is 8.67. The van der Waals surface area contributed by atoms with E-state index in [4.69, 9.17) is 9.74 Å². The minimum Gasteiger partial charge on any atom is -0.480 e. The monoisotopic (exact) mass is 370 g/mol. The Labute approximate surface area is 153 Å². The summed E-state index contributed by atoms with van der Waals surface area (Å²) in [6, 6.07) is 3.68. The molecule has 1 saturated heterocycles. The van der Waals surface area contributed by atoms with Gasteiger partial charge in [-0.3, -0.25) is 14.3 Å². The molecule has 0 unspecified atom stereocenters. The Morgan fingerprint density at radius 3 is 2.70 bits per heavy atom. The first-order chi connectivity index (χ1) is 13.1. The van der Waals surface area contributed by atoms with Crippen LogP contribution in [-0.2, 0) is 11.3 Å². The van der Waals surface area contributed by atoms with Gasteiger partial charge in [-0.25, -0.2) is 4.63 Å². The van der Waals surface area contributed by atoms with Crippen molar-refractivity contribution in [1.82, 2.24) is 20.1 Å². The normalized spacial score (nSPS) is 14.4. The zero-order valence-electron chi connectivity index (χ0n) is 14.5. The molecule has 27 heavy (non-hydrogen) atoms. The number of hydrogen-bond acceptors (Lipinski definition) is 7. The van der Waals surface area contributed by atoms with Crippen LogP contribution in [0.25, 0.3) is 11.0 Å². The molecule has 3 aromatic rings. The number of rotatable bonds is 5. The number of nitrogens with zero attached hydrogens (tertiary/aromatic N) is 5. The molecular formula is C17H18N6O4. The number of aromatic nitrogens is 4. The summed E-state index contributed by atoms with van der Waals surface area (Å²) in [6.07, 6.45) is 6.18. The Morgan fingerprint density at radius 2 is 1.93 bits per heavy atom. The largest absolute Gasteiger partial charge is 0.480 e. The van der Waals surface area contributed by atoms with E-state index in [1.165, 1.54) is 23.5 Å². The molecule has 1 aliphatic heterocycles. The number of piperidine rings is 1. The van der Waals surface area contributed by atoms with Gasteiger partial charge in [-0.2, -0.15) is 5.10 Å². The minimum absolute atomic E-state index is 0.251. The van der Waals surface area contributed by atoms with Crippen LogP contribution in [0.4, 0.5) is 11.4 Å². The van der Waals surface area contributed by atoms with Crippen molar-refractivity contribution in [1.29, 1.82) is 0 Å². The first-order valence-electron chi connectivity index (χ1n) is 8.67. The Balaban J connectivity index is 1.57. The molecule has 10 heteroatoms. The van der Waals surface area contributed by atoms with Gasteiger partial charge < -0.3 is 15.3 Å². The van der Waals surface area contributed by atoms with Crippen LogP contribution in [0.2, 0.25) is 0 Å². The number of carbonyl (C=O) groups excluding carboxylic acids is 1. The highest BCUT2D eigenvalue weighted by atomic mass is 16.6. The lowest BCUT2D eigenvalue weighted by Gasteiger charge is -2.28. The Hall–Kier alpha value is -3.43. The molecule has 0 saturated carbocycles. The average Bonchev–Trinajstić information content (AvgIpc) is 3.32. The van der Waals surface area contributed by atoms with Gasteiger partial charge in [-0.05, 0) is 41.7 Å². The van der Waals surface area contributed by atoms with Gasteiger partial charge in [0.1, 0.15) is 6.54 Å². The number of fused-ring (bicyclic) bond motifs is 1. The number of carboxylic acids is 1. The molecule has 1 aliphatic rings. The lowest BCUT2D eigenvalue weighted by atomic mass is 10.1. The minimum atomic E-state index is -1.03. The van der Waals surface area contributed by atoms with Crippen molar-refractivity contribution >= 4 is 34.3 Å². The zero-order chi connectivity index (χ0) is 18.8. The Kier molecular flexibility index (Phi) is 4.45. The molecule has 0 atom stereocenters. The molecule has 140 valence electrons. The second-order valence-electron chi connectivity index (χ2n) is 6.42. The highest BCUT2D eigenvalue weighted by Crippen LogP contribution is 2.31. The number of nitrogens with one attached hydrogen (secondary N) is 1. The lowest BCUT2D eigenvalue weighted by Crippen LogP contribution is -2.29. The van der Waals surface area contributed by atoms with Gasteiger partial charge >= 0.3 is 5.97 Å². The maximum absolute atomic E-state index is 12.5. The van der Waals surface area contributed by atoms with Gasteiger partial charge in [-0.15, -0.1) is 0 Å². The molecule has 3 heterocycles. The third-order valence-corrected chi connectivity index (χ3v) is 4.53. The van der Waals surface area contributed by atoms with Gasteiger partial charge in [0.2, 0.25) is 0 Å². The summed E-state index contributed by atoms with van der Waals surface area (Å²) in [7, 11) is 0. The van der Waals surface area contributed by atoms with Crippen molar-refractivity contribution in [2.24, 2.45) is 0 Å². The van der Waals surface area contributed by atoms with E-state index in [9.17, 15) is 9.59 Å². The molecule has 1 aromatic carbocycles. The predicted molar refractivity (Wildman–Crippen MR) is 95.7 cm³/mol. The van der Waals surface area contributed by atoms with E-state index in [0.717, 1.165) is 31.6 Å². The van der Waals surface area contributed by atoms with Crippen molar-refractivity contribution in [3.63, 3.8) is 0 Å². The number of benzene rings is 1. The van der Waals surface area contributed by atoms with Crippen molar-refractivity contribution in [3.05, 3.63) is 30.1 Å². The van der Waals surface area contributed by atoms with Gasteiger partial charge in [0, 0.05) is 19.3 Å². The maximum Gasteiger partial charge on any atom is 0.325 e. The van der Waals surface area contributed by atoms with E-state index >= 15 is 0 Å². The summed E-state index contributed by atoms with van der Waals surface area (Å²) in [5.41, 5.74) is 2.75. The first kappa shape index (κ1) is 17.0. The number of carboxylic acid groups (broad SMARTS) is 1. The van der Waals surface area contributed by atoms with E-state index in [0.29, 0.717) is 16.7 Å². The molecule has 2 N–H and O–H groups in total. The molecule has 0 bridgehead atoms. The lowest BCUT2D eigenvalue weighted by molar-refractivity contribution is -0.137. The van der Waals surface area contributed by atoms with Crippen molar-refractivity contribution in [2.45, 2.75) is 25.8 Å². The van der Waals surface area contributed by atoms with Gasteiger partial charge in [-0.1, -0.05) is 0 Å². The highest BCUT2D eigenvalue weighted by Gasteiger charge is 2.20. The molecule has 0 radical (unpaired) electrons. The third-order valence-electron chi connectivity index (χ3n) is 4.53. The number of hydrogen-bond donors (Lipinski definition) is 2. The molecule has 0 aliphatic carbocycles. The van der Waals surface area contributed by atoms with Crippen LogP contribution < -0.4 is 10.2 Å². The van der Waals surface area contributed by atoms with Gasteiger partial charge in [0.05, 0.1) is 23.1 Å². The van der Waals surface area contributed by atoms with E-state index in [1.54, 1.807) is 6.07 Å². The standard InChI is InChI=1S/C17H18N6O4/c24-14(25)10-23-9-11(8-18-23)17(26)19-12-4-5-13(16-15(12)20-27-21-16)22-6-2-1-3-7-22/h4-5,8-9H,1-3,6-7,10H2,(H,19,26)(H,24,25). The van der Waals surface area contributed by atoms with Crippen LogP contribution >= 0.6 is 0 Å². The van der Waals surface area contributed by atoms with Crippen LogP contribution in [-0.4, -0.2) is 50.2 Å². The fourth-order valence-corrected chi connectivity index (χ4v) is 3.24. The molecule has 10 nitrogen and oxygen atoms in total. The summed E-state index contributed by atoms with van der Waals surface area (Å²) >= 11 is 0. The average molecular weight is 370 g/mol. The fourth-order valence-electron chi connectivity index (χ4n) is 3.24. The Morgan fingerprint density at radius 1 is 1.15 bits per heavy atom. The third kappa shape index (κ3) is 3.46. The molecule has 2 aromatic heterocycles. The molecule has 4 rings (SSSR count). The van der Waals surface area contributed by atoms with E-state index in [1.807, 2.05) is 6.07 Å². The summed E-state index contributed by atoms with van der Waals surface area (Å²) in [6.45, 7) is 1.60.